The Morgan fingerprint density at radius 1 is 1.41 bits per heavy atom. The van der Waals surface area contributed by atoms with Gasteiger partial charge in [-0.05, 0) is 37.5 Å². The minimum Gasteiger partial charge on any atom is -0.465 e. The van der Waals surface area contributed by atoms with Gasteiger partial charge in [0.2, 0.25) is 0 Å². The molecule has 0 aromatic heterocycles. The Hall–Kier alpha value is -2.08. The Morgan fingerprint density at radius 2 is 2.09 bits per heavy atom. The maximum absolute atomic E-state index is 12.1. The Morgan fingerprint density at radius 3 is 2.59 bits per heavy atom. The van der Waals surface area contributed by atoms with E-state index in [1.807, 2.05) is 31.2 Å². The normalized spacial score (nSPS) is 22.4. The lowest BCUT2D eigenvalue weighted by molar-refractivity contribution is -0.146. The first-order chi connectivity index (χ1) is 10.6. The van der Waals surface area contributed by atoms with Gasteiger partial charge in [0.15, 0.2) is 0 Å². The van der Waals surface area contributed by atoms with E-state index in [0.29, 0.717) is 19.7 Å². The Bertz CT molecular complexity index is 580. The van der Waals surface area contributed by atoms with Crippen molar-refractivity contribution in [3.8, 4) is 0 Å². The molecule has 0 bridgehead atoms. The maximum atomic E-state index is 12.1. The van der Waals surface area contributed by atoms with Crippen molar-refractivity contribution in [1.82, 2.24) is 0 Å². The number of ether oxygens (including phenoxy) is 2. The number of nitrogens with zero attached hydrogens (tertiary/aromatic N) is 1. The van der Waals surface area contributed by atoms with Crippen LogP contribution in [0, 0.1) is 0 Å². The van der Waals surface area contributed by atoms with Crippen molar-refractivity contribution < 1.29 is 19.1 Å². The summed E-state index contributed by atoms with van der Waals surface area (Å²) in [6.45, 7) is 2.96. The largest absolute Gasteiger partial charge is 0.465 e. The lowest BCUT2D eigenvalue weighted by Gasteiger charge is -2.17. The fourth-order valence-corrected chi connectivity index (χ4v) is 2.82. The van der Waals surface area contributed by atoms with Crippen LogP contribution in [0.4, 0.5) is 10.5 Å². The van der Waals surface area contributed by atoms with E-state index in [4.69, 9.17) is 15.2 Å². The van der Waals surface area contributed by atoms with Crippen LogP contribution in [0.15, 0.2) is 24.3 Å². The van der Waals surface area contributed by atoms with Crippen LogP contribution in [0.25, 0.3) is 0 Å². The van der Waals surface area contributed by atoms with Gasteiger partial charge in [0.1, 0.15) is 6.10 Å². The number of hydrogen-bond donors (Lipinski definition) is 1. The second-order valence-corrected chi connectivity index (χ2v) is 5.70. The monoisotopic (exact) mass is 304 g/mol. The summed E-state index contributed by atoms with van der Waals surface area (Å²) in [6.07, 6.45) is 0.981. The molecule has 1 atom stereocenters. The van der Waals surface area contributed by atoms with Crippen molar-refractivity contribution in [2.24, 2.45) is 5.73 Å². The number of amides is 1. The van der Waals surface area contributed by atoms with Crippen LogP contribution in [-0.4, -0.2) is 37.9 Å². The minimum absolute atomic E-state index is 0.161. The zero-order chi connectivity index (χ0) is 15.7. The Labute approximate surface area is 129 Å². The minimum atomic E-state index is -0.486. The zero-order valence-electron chi connectivity index (χ0n) is 12.6. The molecule has 1 aromatic rings. The fourth-order valence-electron chi connectivity index (χ4n) is 2.82. The molecule has 0 radical (unpaired) electrons. The zero-order valence-corrected chi connectivity index (χ0v) is 12.6. The highest BCUT2D eigenvalue weighted by atomic mass is 16.6. The average molecular weight is 304 g/mol. The van der Waals surface area contributed by atoms with Gasteiger partial charge < -0.3 is 15.2 Å². The topological polar surface area (TPSA) is 81.9 Å². The van der Waals surface area contributed by atoms with Crippen LogP contribution in [0.3, 0.4) is 0 Å². The first-order valence-electron chi connectivity index (χ1n) is 7.56. The standard InChI is InChI=1S/C16H20N2O4/c1-2-21-14(19)16(7-8-16)11-3-5-12(6-4-11)18-10-13(9-17)22-15(18)20/h3-6,13H,2,7-10,17H2,1H3. The molecule has 1 unspecified atom stereocenters. The summed E-state index contributed by atoms with van der Waals surface area (Å²) in [4.78, 5) is 25.4. The molecule has 1 aliphatic carbocycles. The van der Waals surface area contributed by atoms with Crippen molar-refractivity contribution in [1.29, 1.82) is 0 Å². The summed E-state index contributed by atoms with van der Waals surface area (Å²) in [5.74, 6) is -0.161. The lowest BCUT2D eigenvalue weighted by atomic mass is 9.96. The number of hydrogen-bond acceptors (Lipinski definition) is 5. The summed E-state index contributed by atoms with van der Waals surface area (Å²) < 4.78 is 10.3. The number of benzene rings is 1. The van der Waals surface area contributed by atoms with Gasteiger partial charge in [-0.25, -0.2) is 4.79 Å². The third-order valence-corrected chi connectivity index (χ3v) is 4.28. The van der Waals surface area contributed by atoms with E-state index in [9.17, 15) is 9.59 Å². The van der Waals surface area contributed by atoms with Gasteiger partial charge in [-0.3, -0.25) is 9.69 Å². The number of cyclic esters (lactones) is 1. The van der Waals surface area contributed by atoms with Crippen molar-refractivity contribution in [3.63, 3.8) is 0 Å². The molecule has 6 nitrogen and oxygen atoms in total. The smallest absolute Gasteiger partial charge is 0.414 e. The van der Waals surface area contributed by atoms with Gasteiger partial charge in [0.05, 0.1) is 18.6 Å². The summed E-state index contributed by atoms with van der Waals surface area (Å²) in [5.41, 5.74) is 6.74. The predicted octanol–water partition coefficient (Wildman–Crippen LogP) is 1.57. The molecule has 3 rings (SSSR count). The fraction of sp³-hybridized carbons (Fsp3) is 0.500. The number of carbonyl (C=O) groups is 2. The summed E-state index contributed by atoms with van der Waals surface area (Å²) in [6, 6.07) is 7.47. The quantitative estimate of drug-likeness (QED) is 0.835. The molecule has 22 heavy (non-hydrogen) atoms. The number of rotatable bonds is 5. The highest BCUT2D eigenvalue weighted by Crippen LogP contribution is 2.49. The molecule has 0 spiro atoms. The Balaban J connectivity index is 1.76. The van der Waals surface area contributed by atoms with E-state index in [2.05, 4.69) is 0 Å². The first kappa shape index (κ1) is 14.8. The van der Waals surface area contributed by atoms with Crippen LogP contribution in [0.2, 0.25) is 0 Å². The first-order valence-corrected chi connectivity index (χ1v) is 7.56. The molecule has 6 heteroatoms. The van der Waals surface area contributed by atoms with Crippen LogP contribution in [0.5, 0.6) is 0 Å². The number of carbonyl (C=O) groups excluding carboxylic acids is 2. The van der Waals surface area contributed by atoms with Crippen LogP contribution < -0.4 is 10.6 Å². The van der Waals surface area contributed by atoms with Crippen molar-refractivity contribution in [2.75, 3.05) is 24.6 Å². The number of esters is 1. The van der Waals surface area contributed by atoms with Gasteiger partial charge in [0.25, 0.3) is 0 Å². The highest BCUT2D eigenvalue weighted by Gasteiger charge is 2.52. The molecule has 118 valence electrons. The van der Waals surface area contributed by atoms with E-state index >= 15 is 0 Å². The van der Waals surface area contributed by atoms with Crippen molar-refractivity contribution in [2.45, 2.75) is 31.3 Å². The molecule has 1 amide bonds. The molecule has 1 saturated carbocycles. The van der Waals surface area contributed by atoms with E-state index in [1.165, 1.54) is 0 Å². The van der Waals surface area contributed by atoms with Gasteiger partial charge >= 0.3 is 12.1 Å². The summed E-state index contributed by atoms with van der Waals surface area (Å²) >= 11 is 0. The van der Waals surface area contributed by atoms with Gasteiger partial charge in [-0.1, -0.05) is 12.1 Å². The molecule has 1 aromatic carbocycles. The van der Waals surface area contributed by atoms with E-state index < -0.39 is 5.41 Å². The number of nitrogens with two attached hydrogens (primary N) is 1. The van der Waals surface area contributed by atoms with Crippen molar-refractivity contribution in [3.05, 3.63) is 29.8 Å². The maximum Gasteiger partial charge on any atom is 0.414 e. The third kappa shape index (κ3) is 2.43. The molecule has 1 aliphatic heterocycles. The summed E-state index contributed by atoms with van der Waals surface area (Å²) in [5, 5.41) is 0. The second-order valence-electron chi connectivity index (χ2n) is 5.70. The van der Waals surface area contributed by atoms with Gasteiger partial charge in [-0.2, -0.15) is 0 Å². The molecular weight excluding hydrogens is 284 g/mol. The molecule has 2 N–H and O–H groups in total. The molecule has 1 heterocycles. The van der Waals surface area contributed by atoms with E-state index in [-0.39, 0.29) is 18.2 Å². The highest BCUT2D eigenvalue weighted by molar-refractivity contribution is 5.90. The molecule has 2 aliphatic rings. The predicted molar refractivity (Wildman–Crippen MR) is 80.7 cm³/mol. The molecular formula is C16H20N2O4. The SMILES string of the molecule is CCOC(=O)C1(c2ccc(N3CC(CN)OC3=O)cc2)CC1. The van der Waals surface area contributed by atoms with E-state index in [0.717, 1.165) is 24.1 Å². The van der Waals surface area contributed by atoms with Crippen LogP contribution in [0.1, 0.15) is 25.3 Å². The average Bonchev–Trinajstić information content (AvgIpc) is 3.26. The molecule has 1 saturated heterocycles. The van der Waals surface area contributed by atoms with Crippen LogP contribution >= 0.6 is 0 Å². The molecule has 2 fully saturated rings. The van der Waals surface area contributed by atoms with E-state index in [1.54, 1.807) is 4.90 Å². The number of anilines is 1. The summed E-state index contributed by atoms with van der Waals surface area (Å²) in [7, 11) is 0. The Kier molecular flexibility index (Phi) is 3.78. The second kappa shape index (κ2) is 5.61. The van der Waals surface area contributed by atoms with Gasteiger partial charge in [0, 0.05) is 12.2 Å². The van der Waals surface area contributed by atoms with Gasteiger partial charge in [-0.15, -0.1) is 0 Å². The third-order valence-electron chi connectivity index (χ3n) is 4.28. The van der Waals surface area contributed by atoms with Crippen LogP contribution in [-0.2, 0) is 19.7 Å². The lowest BCUT2D eigenvalue weighted by Crippen LogP contribution is -2.27. The van der Waals surface area contributed by atoms with Crippen molar-refractivity contribution >= 4 is 17.7 Å².